The van der Waals surface area contributed by atoms with Gasteiger partial charge in [0.25, 0.3) is 0 Å². The quantitative estimate of drug-likeness (QED) is 0.642. The van der Waals surface area contributed by atoms with Crippen molar-refractivity contribution < 1.29 is 14.7 Å². The molecular weight excluding hydrogens is 428 g/mol. The number of piperidine rings is 1. The molecular formula is C27H36N4O3. The molecule has 2 atom stereocenters. The van der Waals surface area contributed by atoms with Crippen molar-refractivity contribution in [3.05, 3.63) is 42.5 Å². The lowest BCUT2D eigenvalue weighted by Crippen LogP contribution is -2.58. The van der Waals surface area contributed by atoms with Crippen LogP contribution in [0.2, 0.25) is 0 Å². The number of amides is 3. The van der Waals surface area contributed by atoms with Crippen molar-refractivity contribution in [3.8, 4) is 0 Å². The molecule has 2 heterocycles. The van der Waals surface area contributed by atoms with Crippen LogP contribution in [0.15, 0.2) is 42.5 Å². The van der Waals surface area contributed by atoms with Crippen LogP contribution in [0.1, 0.15) is 39.0 Å². The van der Waals surface area contributed by atoms with Gasteiger partial charge in [-0.05, 0) is 80.4 Å². The minimum absolute atomic E-state index is 0.0176. The van der Waals surface area contributed by atoms with E-state index in [9.17, 15) is 14.7 Å². The first kappa shape index (κ1) is 23.1. The molecule has 2 aliphatic heterocycles. The molecule has 7 nitrogen and oxygen atoms in total. The number of urea groups is 1. The van der Waals surface area contributed by atoms with E-state index in [2.05, 4.69) is 10.2 Å². The summed E-state index contributed by atoms with van der Waals surface area (Å²) in [5.41, 5.74) is 0.987. The van der Waals surface area contributed by atoms with Gasteiger partial charge in [0, 0.05) is 31.9 Å². The number of nitrogens with zero attached hydrogens (tertiary/aromatic N) is 3. The standard InChI is InChI=1S/C27H36N4O3/c1-20-25(33)30(14-5-4-13-29-15-12-27(10-11-27)24(32)19-29)16-17-31(20)26(34)28-23-9-8-21-6-2-3-7-22(21)18-23/h2-3,6-9,18,20,24,32H,4-5,10-17,19H2,1H3,(H,28,34)/t20-,24+/m0/s1. The first-order chi connectivity index (χ1) is 16.4. The average Bonchev–Trinajstić information content (AvgIpc) is 3.62. The van der Waals surface area contributed by atoms with Gasteiger partial charge < -0.3 is 25.1 Å². The third-order valence-electron chi connectivity index (χ3n) is 8.12. The summed E-state index contributed by atoms with van der Waals surface area (Å²) < 4.78 is 0. The summed E-state index contributed by atoms with van der Waals surface area (Å²) in [6, 6.07) is 13.2. The lowest BCUT2D eigenvalue weighted by atomic mass is 9.90. The van der Waals surface area contributed by atoms with Crippen LogP contribution in [-0.2, 0) is 4.79 Å². The Morgan fingerprint density at radius 1 is 1.03 bits per heavy atom. The molecule has 1 aliphatic carbocycles. The number of hydrogen-bond acceptors (Lipinski definition) is 4. The third kappa shape index (κ3) is 4.77. The van der Waals surface area contributed by atoms with E-state index in [0.717, 1.165) is 61.9 Å². The number of fused-ring (bicyclic) bond motifs is 1. The number of nitrogens with one attached hydrogen (secondary N) is 1. The van der Waals surface area contributed by atoms with E-state index in [1.165, 1.54) is 12.8 Å². The second-order valence-corrected chi connectivity index (χ2v) is 10.3. The Hall–Kier alpha value is -2.64. The van der Waals surface area contributed by atoms with Gasteiger partial charge >= 0.3 is 6.03 Å². The van der Waals surface area contributed by atoms with Crippen molar-refractivity contribution >= 4 is 28.4 Å². The first-order valence-electron chi connectivity index (χ1n) is 12.7. The Kier molecular flexibility index (Phi) is 6.49. The molecule has 34 heavy (non-hydrogen) atoms. The normalized spacial score (nSPS) is 24.6. The second-order valence-electron chi connectivity index (χ2n) is 10.3. The van der Waals surface area contributed by atoms with Gasteiger partial charge in [-0.3, -0.25) is 4.79 Å². The molecule has 5 rings (SSSR count). The van der Waals surface area contributed by atoms with Crippen molar-refractivity contribution in [3.63, 3.8) is 0 Å². The number of β-amino-alcohol motifs (C(OH)–C–C–N with tert-alkyl or cyclic N) is 1. The van der Waals surface area contributed by atoms with Gasteiger partial charge in [-0.1, -0.05) is 30.3 Å². The molecule has 3 aliphatic rings. The summed E-state index contributed by atoms with van der Waals surface area (Å²) in [6.45, 7) is 6.50. The predicted octanol–water partition coefficient (Wildman–Crippen LogP) is 3.53. The zero-order chi connectivity index (χ0) is 23.7. The van der Waals surface area contributed by atoms with Crippen LogP contribution in [0.3, 0.4) is 0 Å². The molecule has 2 N–H and O–H groups in total. The maximum Gasteiger partial charge on any atom is 0.322 e. The number of anilines is 1. The number of carbonyl (C=O) groups excluding carboxylic acids is 2. The molecule has 0 aromatic heterocycles. The topological polar surface area (TPSA) is 76.1 Å². The average molecular weight is 465 g/mol. The van der Waals surface area contributed by atoms with E-state index < -0.39 is 6.04 Å². The number of aliphatic hydroxyl groups excluding tert-OH is 1. The van der Waals surface area contributed by atoms with E-state index in [0.29, 0.717) is 13.1 Å². The molecule has 0 unspecified atom stereocenters. The highest BCUT2D eigenvalue weighted by atomic mass is 16.3. The molecule has 182 valence electrons. The Labute approximate surface area is 201 Å². The molecule has 2 aromatic rings. The second kappa shape index (κ2) is 9.55. The van der Waals surface area contributed by atoms with E-state index in [1.807, 2.05) is 54.3 Å². The molecule has 3 fully saturated rings. The molecule has 0 radical (unpaired) electrons. The summed E-state index contributed by atoms with van der Waals surface area (Å²) in [5.74, 6) is 0.0176. The van der Waals surface area contributed by atoms with E-state index in [-0.39, 0.29) is 23.5 Å². The van der Waals surface area contributed by atoms with Crippen molar-refractivity contribution in [1.29, 1.82) is 0 Å². The number of rotatable bonds is 6. The molecule has 7 heteroatoms. The van der Waals surface area contributed by atoms with Crippen molar-refractivity contribution in [2.24, 2.45) is 5.41 Å². The van der Waals surface area contributed by atoms with Crippen LogP contribution in [0.25, 0.3) is 10.8 Å². The molecule has 0 bridgehead atoms. The van der Waals surface area contributed by atoms with Crippen LogP contribution in [-0.4, -0.2) is 83.2 Å². The van der Waals surface area contributed by atoms with Crippen LogP contribution in [0, 0.1) is 5.41 Å². The SMILES string of the molecule is C[C@H]1C(=O)N(CCCCN2CCC3(CC3)[C@H](O)C2)CCN1C(=O)Nc1ccc2ccccc2c1. The fraction of sp³-hybridized carbons (Fsp3) is 0.556. The Balaban J connectivity index is 1.07. The van der Waals surface area contributed by atoms with Crippen LogP contribution < -0.4 is 5.32 Å². The van der Waals surface area contributed by atoms with Gasteiger partial charge in [0.2, 0.25) is 5.91 Å². The van der Waals surface area contributed by atoms with Gasteiger partial charge in [-0.15, -0.1) is 0 Å². The molecule has 1 spiro atoms. The molecule has 3 amide bonds. The minimum Gasteiger partial charge on any atom is -0.391 e. The third-order valence-corrected chi connectivity index (χ3v) is 8.12. The number of unbranched alkanes of at least 4 members (excludes halogenated alkanes) is 1. The maximum absolute atomic E-state index is 12.9. The summed E-state index contributed by atoms with van der Waals surface area (Å²) in [4.78, 5) is 31.7. The smallest absolute Gasteiger partial charge is 0.322 e. The highest BCUT2D eigenvalue weighted by Crippen LogP contribution is 2.53. The summed E-state index contributed by atoms with van der Waals surface area (Å²) in [6.07, 6.45) is 5.29. The highest BCUT2D eigenvalue weighted by Gasteiger charge is 2.51. The lowest BCUT2D eigenvalue weighted by Gasteiger charge is -2.39. The van der Waals surface area contributed by atoms with E-state index in [4.69, 9.17) is 0 Å². The van der Waals surface area contributed by atoms with Crippen molar-refractivity contribution in [1.82, 2.24) is 14.7 Å². The maximum atomic E-state index is 12.9. The zero-order valence-electron chi connectivity index (χ0n) is 20.1. The van der Waals surface area contributed by atoms with Gasteiger partial charge in [-0.2, -0.15) is 0 Å². The van der Waals surface area contributed by atoms with Crippen molar-refractivity contribution in [2.45, 2.75) is 51.2 Å². The van der Waals surface area contributed by atoms with Gasteiger partial charge in [-0.25, -0.2) is 4.79 Å². The van der Waals surface area contributed by atoms with Crippen LogP contribution >= 0.6 is 0 Å². The van der Waals surface area contributed by atoms with Crippen molar-refractivity contribution in [2.75, 3.05) is 44.6 Å². The fourth-order valence-corrected chi connectivity index (χ4v) is 5.55. The van der Waals surface area contributed by atoms with Gasteiger partial charge in [0.05, 0.1) is 6.10 Å². The molecule has 2 saturated heterocycles. The predicted molar refractivity (Wildman–Crippen MR) is 134 cm³/mol. The van der Waals surface area contributed by atoms with Gasteiger partial charge in [0.15, 0.2) is 0 Å². The lowest BCUT2D eigenvalue weighted by molar-refractivity contribution is -0.139. The summed E-state index contributed by atoms with van der Waals surface area (Å²) >= 11 is 0. The van der Waals surface area contributed by atoms with E-state index >= 15 is 0 Å². The Morgan fingerprint density at radius 2 is 1.79 bits per heavy atom. The van der Waals surface area contributed by atoms with E-state index in [1.54, 1.807) is 4.90 Å². The van der Waals surface area contributed by atoms with Crippen LogP contribution in [0.4, 0.5) is 10.5 Å². The van der Waals surface area contributed by atoms with Crippen LogP contribution in [0.5, 0.6) is 0 Å². The monoisotopic (exact) mass is 464 g/mol. The number of likely N-dealkylation sites (tertiary alicyclic amines) is 1. The highest BCUT2D eigenvalue weighted by molar-refractivity contribution is 5.96. The first-order valence-corrected chi connectivity index (χ1v) is 12.7. The number of carbonyl (C=O) groups is 2. The summed E-state index contributed by atoms with van der Waals surface area (Å²) in [5, 5.41) is 15.5. The Morgan fingerprint density at radius 3 is 2.56 bits per heavy atom. The largest absolute Gasteiger partial charge is 0.391 e. The number of piperazine rings is 1. The summed E-state index contributed by atoms with van der Waals surface area (Å²) in [7, 11) is 0. The molecule has 1 saturated carbocycles. The number of aliphatic hydroxyl groups is 1. The fourth-order valence-electron chi connectivity index (χ4n) is 5.55. The zero-order valence-corrected chi connectivity index (χ0v) is 20.1. The van der Waals surface area contributed by atoms with Gasteiger partial charge in [0.1, 0.15) is 6.04 Å². The Bertz CT molecular complexity index is 1050. The minimum atomic E-state index is -0.471. The number of benzene rings is 2. The number of hydrogen-bond donors (Lipinski definition) is 2. The molecule has 2 aromatic carbocycles.